The van der Waals surface area contributed by atoms with Gasteiger partial charge in [0.05, 0.1) is 65.8 Å². The summed E-state index contributed by atoms with van der Waals surface area (Å²) in [7, 11) is -1.96. The molecule has 2 amide bonds. The summed E-state index contributed by atoms with van der Waals surface area (Å²) in [5, 5.41) is 23.9. The van der Waals surface area contributed by atoms with Gasteiger partial charge in [-0.25, -0.2) is 8.42 Å². The Morgan fingerprint density at radius 1 is 0.545 bits per heavy atom. The lowest BCUT2D eigenvalue weighted by atomic mass is 10.1. The van der Waals surface area contributed by atoms with E-state index in [1.165, 1.54) is 111 Å². The third-order valence-electron chi connectivity index (χ3n) is 13.7. The maximum atomic E-state index is 13.9. The number of aromatic nitrogens is 2. The molecular weight excluding hydrogens is 1220 g/mol. The summed E-state index contributed by atoms with van der Waals surface area (Å²) in [6, 6.07) is 40.9. The SMILES string of the molecule is Cc1c(S(=O)c2ccc(C#N)cc2)cc(C(=O)NCc2ccc(SNCCCN(C)CCCNSc3ccc(CNC(=O)c4cc(S(=O)c5ccc(C#N)cc5)c(C)n(-c5cccc(C(F)(F)F)c5)c4=O)cc3)cc2)c(=O)n1-c1cccc(C(F)(F)F)c1. The molecule has 0 aliphatic rings. The number of nitrogens with zero attached hydrogens (tertiary/aromatic N) is 5. The molecule has 0 fully saturated rings. The average Bonchev–Trinajstić information content (AvgIpc) is 1.10. The number of nitriles is 2. The molecule has 15 nitrogen and oxygen atoms in total. The molecular formula is C63H55F6N9O6S4. The van der Waals surface area contributed by atoms with E-state index >= 15 is 0 Å². The van der Waals surface area contributed by atoms with Crippen molar-refractivity contribution in [2.24, 2.45) is 0 Å². The summed E-state index contributed by atoms with van der Waals surface area (Å²) in [6.45, 7) is 5.98. The van der Waals surface area contributed by atoms with Gasteiger partial charge >= 0.3 is 12.4 Å². The molecule has 0 aliphatic heterocycles. The fourth-order valence-corrected chi connectivity index (χ4v) is 12.8. The molecule has 25 heteroatoms. The van der Waals surface area contributed by atoms with Gasteiger partial charge in [0.1, 0.15) is 11.1 Å². The lowest BCUT2D eigenvalue weighted by Crippen LogP contribution is -2.34. The Morgan fingerprint density at radius 2 is 0.909 bits per heavy atom. The highest BCUT2D eigenvalue weighted by atomic mass is 32.2. The molecule has 4 N–H and O–H groups in total. The van der Waals surface area contributed by atoms with Gasteiger partial charge in [-0.2, -0.15) is 36.9 Å². The van der Waals surface area contributed by atoms with Crippen LogP contribution in [0.25, 0.3) is 11.4 Å². The van der Waals surface area contributed by atoms with Gasteiger partial charge in [0.2, 0.25) is 0 Å². The number of hydrogen-bond donors (Lipinski definition) is 4. The van der Waals surface area contributed by atoms with Crippen molar-refractivity contribution < 1.29 is 44.3 Å². The number of halogens is 6. The second-order valence-electron chi connectivity index (χ2n) is 19.9. The van der Waals surface area contributed by atoms with Crippen LogP contribution in [0.4, 0.5) is 26.3 Å². The molecule has 8 aromatic rings. The van der Waals surface area contributed by atoms with Crippen molar-refractivity contribution >= 4 is 57.3 Å². The minimum absolute atomic E-state index is 0.00467. The van der Waals surface area contributed by atoms with Gasteiger partial charge in [-0.1, -0.05) is 36.4 Å². The van der Waals surface area contributed by atoms with Crippen molar-refractivity contribution in [2.45, 2.75) is 81.5 Å². The lowest BCUT2D eigenvalue weighted by Gasteiger charge is -2.18. The van der Waals surface area contributed by atoms with Crippen LogP contribution in [0.1, 0.15) is 78.3 Å². The van der Waals surface area contributed by atoms with Gasteiger partial charge in [-0.05, 0) is 203 Å². The first-order chi connectivity index (χ1) is 42.0. The van der Waals surface area contributed by atoms with Gasteiger partial charge in [0.15, 0.2) is 0 Å². The quantitative estimate of drug-likeness (QED) is 0.0252. The summed E-state index contributed by atoms with van der Waals surface area (Å²) in [5.41, 5.74) is -2.87. The van der Waals surface area contributed by atoms with Crippen LogP contribution in [0.15, 0.2) is 197 Å². The molecule has 2 aromatic heterocycles. The van der Waals surface area contributed by atoms with Crippen molar-refractivity contribution in [3.8, 4) is 23.5 Å². The zero-order chi connectivity index (χ0) is 63.3. The fraction of sp³-hybridized carbons (Fsp3) is 0.206. The molecule has 88 heavy (non-hydrogen) atoms. The van der Waals surface area contributed by atoms with Crippen LogP contribution in [0.5, 0.6) is 0 Å². The number of alkyl halides is 6. The van der Waals surface area contributed by atoms with Crippen molar-refractivity contribution in [3.63, 3.8) is 0 Å². The zero-order valence-corrected chi connectivity index (χ0v) is 50.5. The van der Waals surface area contributed by atoms with E-state index in [1.54, 1.807) is 24.3 Å². The Morgan fingerprint density at radius 3 is 1.25 bits per heavy atom. The molecule has 0 saturated heterocycles. The number of hydrogen-bond acceptors (Lipinski definition) is 13. The maximum absolute atomic E-state index is 13.9. The van der Waals surface area contributed by atoms with E-state index < -0.39 is 79.1 Å². The van der Waals surface area contributed by atoms with Crippen LogP contribution < -0.4 is 31.2 Å². The summed E-state index contributed by atoms with van der Waals surface area (Å²) < 4.78 is 119. The predicted molar refractivity (Wildman–Crippen MR) is 325 cm³/mol. The lowest BCUT2D eigenvalue weighted by molar-refractivity contribution is -0.138. The van der Waals surface area contributed by atoms with Crippen LogP contribution >= 0.6 is 23.9 Å². The summed E-state index contributed by atoms with van der Waals surface area (Å²) in [5.74, 6) is -1.64. The highest BCUT2D eigenvalue weighted by molar-refractivity contribution is 7.97. The van der Waals surface area contributed by atoms with Gasteiger partial charge in [-0.15, -0.1) is 0 Å². The summed E-state index contributed by atoms with van der Waals surface area (Å²) in [6.07, 6.45) is -7.71. The monoisotopic (exact) mass is 1280 g/mol. The smallest absolute Gasteiger partial charge is 0.348 e. The number of nitrogens with one attached hydrogen (secondary N) is 4. The van der Waals surface area contributed by atoms with Gasteiger partial charge < -0.3 is 15.5 Å². The van der Waals surface area contributed by atoms with E-state index in [9.17, 15) is 64.5 Å². The van der Waals surface area contributed by atoms with E-state index in [4.69, 9.17) is 0 Å². The Balaban J connectivity index is 0.766. The van der Waals surface area contributed by atoms with E-state index in [2.05, 4.69) is 25.0 Å². The van der Waals surface area contributed by atoms with Gasteiger partial charge in [-0.3, -0.25) is 37.8 Å². The standard InChI is InChI=1S/C63H55F6N9O6S4/c1-40-56(87(83)52-24-16-42(36-70)17-25-52)34-54(60(81)77(40)48-10-4-8-46(32-48)62(64,65)66)58(79)72-38-44-12-20-50(21-13-44)85-74-28-6-30-76(3)31-7-29-75-86-51-22-14-45(15-23-51)39-73-59(80)55-35-57(88(84)53-26-18-43(37-71)19-27-53)41(2)78(61(55)82)49-11-5-9-47(33-49)63(67,68)69/h4-5,8-27,32-35,74-75H,6-7,28-31,38-39H2,1-3H3,(H,72,79)(H,73,80). The van der Waals surface area contributed by atoms with Crippen LogP contribution in [0.3, 0.4) is 0 Å². The number of carbonyl (C=O) groups is 2. The maximum Gasteiger partial charge on any atom is 0.416 e. The van der Waals surface area contributed by atoms with E-state index in [0.29, 0.717) is 35.3 Å². The molecule has 0 aliphatic carbocycles. The first-order valence-corrected chi connectivity index (χ1v) is 30.9. The van der Waals surface area contributed by atoms with Crippen molar-refractivity contribution in [1.29, 1.82) is 10.5 Å². The molecule has 2 atom stereocenters. The average molecular weight is 1280 g/mol. The first-order valence-electron chi connectivity index (χ1n) is 27.0. The molecule has 0 saturated carbocycles. The van der Waals surface area contributed by atoms with Crippen LogP contribution in [0, 0.1) is 36.5 Å². The zero-order valence-electron chi connectivity index (χ0n) is 47.3. The second kappa shape index (κ2) is 29.5. The molecule has 0 bridgehead atoms. The van der Waals surface area contributed by atoms with Crippen LogP contribution in [-0.2, 0) is 47.0 Å². The van der Waals surface area contributed by atoms with Gasteiger partial charge in [0.25, 0.3) is 22.9 Å². The number of pyridine rings is 2. The highest BCUT2D eigenvalue weighted by Crippen LogP contribution is 2.33. The normalized spacial score (nSPS) is 12.3. The van der Waals surface area contributed by atoms with E-state index in [1.807, 2.05) is 43.5 Å². The number of benzene rings is 6. The van der Waals surface area contributed by atoms with Crippen molar-refractivity contribution in [3.05, 3.63) is 234 Å². The van der Waals surface area contributed by atoms with Crippen LogP contribution in [-0.4, -0.2) is 67.5 Å². The summed E-state index contributed by atoms with van der Waals surface area (Å²) >= 11 is 2.88. The number of rotatable bonds is 24. The number of amides is 2. The largest absolute Gasteiger partial charge is 0.416 e. The van der Waals surface area contributed by atoms with Crippen LogP contribution in [0.2, 0.25) is 0 Å². The van der Waals surface area contributed by atoms with Gasteiger partial charge in [0, 0.05) is 68.5 Å². The molecule has 2 heterocycles. The Bertz CT molecular complexity index is 3850. The molecule has 0 spiro atoms. The predicted octanol–water partition coefficient (Wildman–Crippen LogP) is 11.2. The molecule has 6 aromatic carbocycles. The third kappa shape index (κ3) is 16.6. The highest BCUT2D eigenvalue weighted by Gasteiger charge is 2.33. The number of carbonyl (C=O) groups excluding carboxylic acids is 2. The molecule has 2 unspecified atom stereocenters. The molecule has 0 radical (unpaired) electrons. The first kappa shape index (κ1) is 65.6. The fourth-order valence-electron chi connectivity index (χ4n) is 9.01. The Hall–Kier alpha value is -8.40. The van der Waals surface area contributed by atoms with Crippen molar-refractivity contribution in [2.75, 3.05) is 33.2 Å². The second-order valence-corrected chi connectivity index (χ2v) is 24.7. The molecule has 8 rings (SSSR count). The molecule has 454 valence electrons. The Labute approximate surface area is 516 Å². The van der Waals surface area contributed by atoms with Crippen molar-refractivity contribution in [1.82, 2.24) is 34.1 Å². The van der Waals surface area contributed by atoms with E-state index in [-0.39, 0.29) is 55.4 Å². The topological polar surface area (TPSA) is 211 Å². The third-order valence-corrected chi connectivity index (χ3v) is 18.5. The Kier molecular flexibility index (Phi) is 22.0. The minimum atomic E-state index is -4.72. The summed E-state index contributed by atoms with van der Waals surface area (Å²) in [4.78, 5) is 59.9. The van der Waals surface area contributed by atoms with E-state index in [0.717, 1.165) is 81.3 Å². The minimum Gasteiger partial charge on any atom is -0.348 e.